The lowest BCUT2D eigenvalue weighted by molar-refractivity contribution is -0.129. The molecule has 1 aromatic carbocycles. The van der Waals surface area contributed by atoms with Gasteiger partial charge in [-0.25, -0.2) is 5.43 Å². The van der Waals surface area contributed by atoms with Gasteiger partial charge in [0.05, 0.1) is 52.3 Å². The number of ether oxygens (including phenoxy) is 5. The molecule has 0 unspecified atom stereocenters. The number of hydrazine groups is 1. The first-order chi connectivity index (χ1) is 20.5. The second-order valence-electron chi connectivity index (χ2n) is 8.37. The largest absolute Gasteiger partial charge is 0.377 e. The highest BCUT2D eigenvalue weighted by atomic mass is 16.6. The molecule has 3 amide bonds. The van der Waals surface area contributed by atoms with Crippen molar-refractivity contribution in [3.05, 3.63) is 30.3 Å². The van der Waals surface area contributed by atoms with Crippen LogP contribution >= 0.6 is 0 Å². The van der Waals surface area contributed by atoms with Crippen LogP contribution in [0.4, 0.5) is 5.69 Å². The Balaban J connectivity index is 0.00000821. The number of rotatable bonds is 26. The van der Waals surface area contributed by atoms with Crippen molar-refractivity contribution < 1.29 is 42.9 Å². The van der Waals surface area contributed by atoms with Crippen LogP contribution in [0, 0.1) is 0 Å². The standard InChI is InChI=1S/C26H43N5O9.C2H6/c27-9-5-4-8-23(18-32)30-31-26(35)21-39-17-16-38-15-14-37-13-12-36-11-10-28-24(33)19-40-20-25(34)29-22-6-2-1-3-7-22;1-2/h1-3,6-7,18,23,30H,4-5,8-17,19-21,27H2,(H,28,33)(H,29,34)(H,31,35);1-2H3/t23-;/m0./s1. The van der Waals surface area contributed by atoms with Gasteiger partial charge in [0.25, 0.3) is 5.91 Å². The molecule has 0 radical (unpaired) electrons. The molecule has 0 aromatic heterocycles. The zero-order valence-electron chi connectivity index (χ0n) is 24.9. The summed E-state index contributed by atoms with van der Waals surface area (Å²) in [6, 6.07) is 8.51. The maximum atomic E-state index is 11.7. The molecule has 0 aliphatic carbocycles. The lowest BCUT2D eigenvalue weighted by atomic mass is 10.1. The zero-order valence-corrected chi connectivity index (χ0v) is 24.9. The minimum atomic E-state index is -0.456. The van der Waals surface area contributed by atoms with Crippen LogP contribution in [0.1, 0.15) is 33.1 Å². The number of carbonyl (C=O) groups excluding carboxylic acids is 4. The van der Waals surface area contributed by atoms with Gasteiger partial charge in [-0.2, -0.15) is 0 Å². The molecule has 42 heavy (non-hydrogen) atoms. The van der Waals surface area contributed by atoms with Crippen molar-refractivity contribution in [1.82, 2.24) is 16.2 Å². The van der Waals surface area contributed by atoms with E-state index >= 15 is 0 Å². The third-order valence-electron chi connectivity index (χ3n) is 4.97. The van der Waals surface area contributed by atoms with Crippen LogP contribution in [0.25, 0.3) is 0 Å². The van der Waals surface area contributed by atoms with Crippen LogP contribution in [-0.2, 0) is 42.9 Å². The Hall–Kier alpha value is -2.98. The third-order valence-corrected chi connectivity index (χ3v) is 4.97. The molecule has 0 aliphatic rings. The molecular formula is C28H49N5O9. The first-order valence-electron chi connectivity index (χ1n) is 14.2. The summed E-state index contributed by atoms with van der Waals surface area (Å²) in [5.74, 6) is -1.06. The fraction of sp³-hybridized carbons (Fsp3) is 0.643. The lowest BCUT2D eigenvalue weighted by Gasteiger charge is -2.13. The molecule has 0 spiro atoms. The molecule has 14 heteroatoms. The first-order valence-corrected chi connectivity index (χ1v) is 14.2. The highest BCUT2D eigenvalue weighted by molar-refractivity contribution is 5.91. The van der Waals surface area contributed by atoms with Crippen LogP contribution in [-0.4, -0.2) is 109 Å². The summed E-state index contributed by atoms with van der Waals surface area (Å²) >= 11 is 0. The number of amides is 3. The van der Waals surface area contributed by atoms with E-state index < -0.39 is 6.04 Å². The minimum absolute atomic E-state index is 0.155. The van der Waals surface area contributed by atoms with Crippen molar-refractivity contribution in [1.29, 1.82) is 0 Å². The van der Waals surface area contributed by atoms with Gasteiger partial charge in [-0.05, 0) is 31.5 Å². The molecule has 0 bridgehead atoms. The fourth-order valence-electron chi connectivity index (χ4n) is 2.99. The van der Waals surface area contributed by atoms with E-state index in [0.717, 1.165) is 19.1 Å². The quantitative estimate of drug-likeness (QED) is 0.0555. The van der Waals surface area contributed by atoms with Crippen LogP contribution in [0.3, 0.4) is 0 Å². The normalized spacial score (nSPS) is 11.1. The van der Waals surface area contributed by atoms with E-state index in [1.165, 1.54) is 0 Å². The van der Waals surface area contributed by atoms with Gasteiger partial charge in [0, 0.05) is 12.2 Å². The smallest absolute Gasteiger partial charge is 0.260 e. The molecule has 1 aromatic rings. The number of nitrogens with one attached hydrogen (secondary N) is 4. The van der Waals surface area contributed by atoms with E-state index in [2.05, 4.69) is 21.5 Å². The van der Waals surface area contributed by atoms with Gasteiger partial charge in [0.15, 0.2) is 0 Å². The minimum Gasteiger partial charge on any atom is -0.377 e. The van der Waals surface area contributed by atoms with Crippen LogP contribution in [0.2, 0.25) is 0 Å². The molecule has 1 atom stereocenters. The topological polar surface area (TPSA) is 189 Å². The van der Waals surface area contributed by atoms with Gasteiger partial charge in [0.2, 0.25) is 11.8 Å². The van der Waals surface area contributed by atoms with Crippen LogP contribution in [0.5, 0.6) is 0 Å². The van der Waals surface area contributed by atoms with Crippen molar-refractivity contribution in [2.75, 3.05) is 84.5 Å². The van der Waals surface area contributed by atoms with Crippen LogP contribution < -0.4 is 27.2 Å². The highest BCUT2D eigenvalue weighted by Crippen LogP contribution is 2.04. The number of aldehydes is 1. The number of unbranched alkanes of at least 4 members (excludes halogenated alkanes) is 1. The number of nitrogens with two attached hydrogens (primary N) is 1. The molecule has 240 valence electrons. The van der Waals surface area contributed by atoms with Gasteiger partial charge in [0.1, 0.15) is 26.1 Å². The number of para-hydroxylation sites is 1. The Morgan fingerprint density at radius 1 is 0.762 bits per heavy atom. The predicted molar refractivity (Wildman–Crippen MR) is 158 cm³/mol. The summed E-state index contributed by atoms with van der Waals surface area (Å²) in [5, 5.41) is 5.29. The first kappa shape index (κ1) is 39.0. The van der Waals surface area contributed by atoms with Crippen molar-refractivity contribution in [2.45, 2.75) is 39.2 Å². The van der Waals surface area contributed by atoms with Gasteiger partial charge >= 0.3 is 0 Å². The zero-order chi connectivity index (χ0) is 31.1. The number of anilines is 1. The van der Waals surface area contributed by atoms with Crippen LogP contribution in [0.15, 0.2) is 30.3 Å². The Labute approximate surface area is 248 Å². The highest BCUT2D eigenvalue weighted by Gasteiger charge is 2.08. The van der Waals surface area contributed by atoms with Crippen molar-refractivity contribution in [3.8, 4) is 0 Å². The van der Waals surface area contributed by atoms with Gasteiger partial charge in [-0.15, -0.1) is 0 Å². The van der Waals surface area contributed by atoms with Crippen molar-refractivity contribution in [2.24, 2.45) is 5.73 Å². The number of carbonyl (C=O) groups is 4. The summed E-state index contributed by atoms with van der Waals surface area (Å²) in [5.41, 5.74) is 11.2. The van der Waals surface area contributed by atoms with E-state index in [1.54, 1.807) is 24.3 Å². The molecular weight excluding hydrogens is 550 g/mol. The average Bonchev–Trinajstić information content (AvgIpc) is 3.00. The van der Waals surface area contributed by atoms with Crippen molar-refractivity contribution in [3.63, 3.8) is 0 Å². The Morgan fingerprint density at radius 2 is 1.33 bits per heavy atom. The Bertz CT molecular complexity index is 818. The SMILES string of the molecule is CC.NCCCC[C@@H](C=O)NNC(=O)COCCOCCOCCOCCNC(=O)COCC(=O)Nc1ccccc1. The number of hydrogen-bond acceptors (Lipinski definition) is 11. The molecule has 0 saturated heterocycles. The molecule has 1 rings (SSSR count). The van der Waals surface area contributed by atoms with Gasteiger partial charge in [-0.1, -0.05) is 38.5 Å². The number of benzene rings is 1. The second kappa shape index (κ2) is 29.5. The summed E-state index contributed by atoms with van der Waals surface area (Å²) in [6.07, 6.45) is 2.96. The van der Waals surface area contributed by atoms with E-state index in [-0.39, 0.29) is 44.1 Å². The Morgan fingerprint density at radius 3 is 1.95 bits per heavy atom. The molecule has 0 fully saturated rings. The molecule has 6 N–H and O–H groups in total. The fourth-order valence-corrected chi connectivity index (χ4v) is 2.99. The second-order valence-corrected chi connectivity index (χ2v) is 8.37. The van der Waals surface area contributed by atoms with E-state index in [1.807, 2.05) is 19.9 Å². The van der Waals surface area contributed by atoms with Gasteiger partial charge < -0.3 is 44.8 Å². The number of hydrogen-bond donors (Lipinski definition) is 5. The summed E-state index contributed by atoms with van der Waals surface area (Å²) in [7, 11) is 0. The molecule has 0 saturated carbocycles. The van der Waals surface area contributed by atoms with Gasteiger partial charge in [-0.3, -0.25) is 19.8 Å². The molecule has 14 nitrogen and oxygen atoms in total. The Kier molecular flexibility index (Phi) is 27.4. The lowest BCUT2D eigenvalue weighted by Crippen LogP contribution is -2.46. The summed E-state index contributed by atoms with van der Waals surface area (Å²) in [4.78, 5) is 46.1. The third kappa shape index (κ3) is 24.8. The van der Waals surface area contributed by atoms with E-state index in [4.69, 9.17) is 29.4 Å². The average molecular weight is 600 g/mol. The summed E-state index contributed by atoms with van der Waals surface area (Å²) in [6.45, 7) is 6.59. The maximum Gasteiger partial charge on any atom is 0.260 e. The van der Waals surface area contributed by atoms with Crippen molar-refractivity contribution >= 4 is 29.7 Å². The van der Waals surface area contributed by atoms with E-state index in [0.29, 0.717) is 64.8 Å². The monoisotopic (exact) mass is 599 g/mol. The molecule has 0 heterocycles. The molecule has 0 aliphatic heterocycles. The predicted octanol–water partition coefficient (Wildman–Crippen LogP) is 0.168. The van der Waals surface area contributed by atoms with E-state index in [9.17, 15) is 19.2 Å². The summed E-state index contributed by atoms with van der Waals surface area (Å²) < 4.78 is 26.4. The maximum absolute atomic E-state index is 11.7.